The smallest absolute Gasteiger partial charge is 0.333 e. The van der Waals surface area contributed by atoms with Crippen LogP contribution in [0, 0.1) is 25.0 Å². The highest BCUT2D eigenvalue weighted by Gasteiger charge is 2.40. The molecule has 0 radical (unpaired) electrons. The van der Waals surface area contributed by atoms with E-state index in [2.05, 4.69) is 57.2 Å². The van der Waals surface area contributed by atoms with Gasteiger partial charge < -0.3 is 30.3 Å². The number of carbonyl (C=O) groups is 3. The number of hydrogen-bond acceptors (Lipinski definition) is 8. The van der Waals surface area contributed by atoms with E-state index in [4.69, 9.17) is 20.2 Å². The second kappa shape index (κ2) is 16.1. The number of carboxylic acids is 2. The molecule has 45 heavy (non-hydrogen) atoms. The number of pyridine rings is 1. The van der Waals surface area contributed by atoms with Crippen LogP contribution in [0.25, 0.3) is 0 Å². The summed E-state index contributed by atoms with van der Waals surface area (Å²) >= 11 is 3.52. The average Bonchev–Trinajstić information content (AvgIpc) is 3.01. The number of aliphatic carboxylic acids is 2. The number of aliphatic hydroxyl groups is 1. The van der Waals surface area contributed by atoms with Crippen LogP contribution >= 0.6 is 15.9 Å². The zero-order valence-electron chi connectivity index (χ0n) is 26.2. The predicted molar refractivity (Wildman–Crippen MR) is 171 cm³/mol. The van der Waals surface area contributed by atoms with Crippen LogP contribution in [-0.2, 0) is 14.4 Å². The molecular formula is C32H43BrN4O8. The molecule has 2 aliphatic rings. The first-order valence-corrected chi connectivity index (χ1v) is 15.9. The highest BCUT2D eigenvalue weighted by Crippen LogP contribution is 2.34. The van der Waals surface area contributed by atoms with Crippen molar-refractivity contribution in [3.05, 3.63) is 68.6 Å². The van der Waals surface area contributed by atoms with Crippen molar-refractivity contribution in [3.8, 4) is 0 Å². The zero-order chi connectivity index (χ0) is 33.3. The molecule has 2 aromatic rings. The molecule has 2 aliphatic heterocycles. The number of aromatic nitrogens is 1. The number of benzene rings is 1. The molecule has 2 saturated heterocycles. The van der Waals surface area contributed by atoms with Crippen LogP contribution in [0.1, 0.15) is 73.1 Å². The molecule has 1 aromatic carbocycles. The van der Waals surface area contributed by atoms with Gasteiger partial charge in [-0.2, -0.15) is 4.73 Å². The Morgan fingerprint density at radius 3 is 2.20 bits per heavy atom. The van der Waals surface area contributed by atoms with Crippen LogP contribution in [-0.4, -0.2) is 93.1 Å². The molecule has 1 aromatic heterocycles. The standard InChI is InChI=1S/C28H37BrN4O3.C4H6O5/c1-5-36-30-26(22-6-8-24(29)9-7-22)23-11-15-32(16-12-23)28(4)13-18-31(19-14-28)27(34)25-20(2)10-17-33(35)21(25)3;5-2(4(8)9)1-3(6)7/h6-10,17,23H,5,11-16,18-19H2,1-4H3;2,5H,1H2,(H,6,7)(H,8,9)/b30-26-;. The molecule has 0 spiro atoms. The number of amides is 1. The molecule has 1 amide bonds. The molecule has 12 nitrogen and oxygen atoms in total. The summed E-state index contributed by atoms with van der Waals surface area (Å²) in [5.74, 6) is -2.51. The number of halogens is 1. The average molecular weight is 692 g/mol. The van der Waals surface area contributed by atoms with Gasteiger partial charge in [-0.1, -0.05) is 33.2 Å². The Bertz CT molecular complexity index is 1370. The summed E-state index contributed by atoms with van der Waals surface area (Å²) in [6.07, 6.45) is 2.85. The Labute approximate surface area is 272 Å². The minimum atomic E-state index is -1.79. The van der Waals surface area contributed by atoms with Gasteiger partial charge in [0.2, 0.25) is 5.69 Å². The van der Waals surface area contributed by atoms with Gasteiger partial charge in [-0.3, -0.25) is 14.5 Å². The first-order chi connectivity index (χ1) is 21.3. The summed E-state index contributed by atoms with van der Waals surface area (Å²) in [5, 5.41) is 40.7. The molecule has 3 N–H and O–H groups in total. The first-order valence-electron chi connectivity index (χ1n) is 15.1. The molecule has 3 heterocycles. The van der Waals surface area contributed by atoms with E-state index >= 15 is 0 Å². The summed E-state index contributed by atoms with van der Waals surface area (Å²) in [5.41, 5.74) is 4.11. The minimum absolute atomic E-state index is 0.0257. The molecule has 0 bridgehead atoms. The van der Waals surface area contributed by atoms with Gasteiger partial charge in [0.1, 0.15) is 12.2 Å². The molecule has 0 saturated carbocycles. The van der Waals surface area contributed by atoms with E-state index < -0.39 is 24.5 Å². The van der Waals surface area contributed by atoms with E-state index in [1.807, 2.05) is 18.7 Å². The zero-order valence-corrected chi connectivity index (χ0v) is 27.8. The number of carbonyl (C=O) groups excluding carboxylic acids is 1. The van der Waals surface area contributed by atoms with Crippen LogP contribution in [0.3, 0.4) is 0 Å². The summed E-state index contributed by atoms with van der Waals surface area (Å²) in [6.45, 7) is 11.9. The second-order valence-electron chi connectivity index (χ2n) is 11.7. The molecule has 1 atom stereocenters. The number of hydrogen-bond donors (Lipinski definition) is 3. The monoisotopic (exact) mass is 690 g/mol. The lowest BCUT2D eigenvalue weighted by Gasteiger charge is -2.49. The maximum absolute atomic E-state index is 13.3. The summed E-state index contributed by atoms with van der Waals surface area (Å²) in [6, 6.07) is 10.0. The number of oxime groups is 1. The fourth-order valence-electron chi connectivity index (χ4n) is 5.82. The Kier molecular flexibility index (Phi) is 12.9. The number of nitrogens with zero attached hydrogens (tertiary/aromatic N) is 4. The van der Waals surface area contributed by atoms with Crippen LogP contribution in [0.15, 0.2) is 46.2 Å². The van der Waals surface area contributed by atoms with Crippen molar-refractivity contribution < 1.29 is 39.3 Å². The number of carboxylic acid groups (broad SMARTS) is 2. The van der Waals surface area contributed by atoms with Gasteiger partial charge >= 0.3 is 11.9 Å². The first kappa shape index (κ1) is 35.9. The van der Waals surface area contributed by atoms with Gasteiger partial charge in [0.25, 0.3) is 5.91 Å². The molecule has 13 heteroatoms. The fourth-order valence-corrected chi connectivity index (χ4v) is 6.09. The van der Waals surface area contributed by atoms with E-state index in [0.717, 1.165) is 64.8 Å². The van der Waals surface area contributed by atoms with Gasteiger partial charge in [0.15, 0.2) is 12.3 Å². The van der Waals surface area contributed by atoms with Crippen LogP contribution in [0.4, 0.5) is 0 Å². The van der Waals surface area contributed by atoms with Crippen molar-refractivity contribution in [1.82, 2.24) is 9.80 Å². The lowest BCUT2D eigenvalue weighted by Crippen LogP contribution is -2.57. The lowest BCUT2D eigenvalue weighted by atomic mass is 9.82. The Morgan fingerprint density at radius 2 is 1.69 bits per heavy atom. The number of aliphatic hydroxyl groups excluding tert-OH is 1. The largest absolute Gasteiger partial charge is 0.618 e. The molecular weight excluding hydrogens is 648 g/mol. The van der Waals surface area contributed by atoms with Crippen molar-refractivity contribution in [1.29, 1.82) is 0 Å². The number of rotatable bonds is 9. The second-order valence-corrected chi connectivity index (χ2v) is 12.6. The summed E-state index contributed by atoms with van der Waals surface area (Å²) in [7, 11) is 0. The third-order valence-electron chi connectivity index (χ3n) is 8.62. The Hall–Kier alpha value is -3.55. The number of likely N-dealkylation sites (tertiary alicyclic amines) is 2. The van der Waals surface area contributed by atoms with Gasteiger partial charge in [-0.25, -0.2) is 4.79 Å². The van der Waals surface area contributed by atoms with Gasteiger partial charge in [0, 0.05) is 42.0 Å². The van der Waals surface area contributed by atoms with Gasteiger partial charge in [-0.05, 0) is 82.8 Å². The van der Waals surface area contributed by atoms with E-state index in [9.17, 15) is 19.6 Å². The maximum Gasteiger partial charge on any atom is 0.333 e. The highest BCUT2D eigenvalue weighted by atomic mass is 79.9. The quantitative estimate of drug-likeness (QED) is 0.154. The van der Waals surface area contributed by atoms with E-state index in [-0.39, 0.29) is 11.4 Å². The van der Waals surface area contributed by atoms with Crippen LogP contribution in [0.2, 0.25) is 0 Å². The van der Waals surface area contributed by atoms with Crippen LogP contribution in [0.5, 0.6) is 0 Å². The molecule has 2 fully saturated rings. The molecule has 4 rings (SSSR count). The SMILES string of the molecule is CCO/N=C(/c1ccc(Br)cc1)C1CCN(C2(C)CCN(C(=O)c3c(C)cc[n+]([O-])c3C)CC2)CC1.O=C(O)CC(O)C(=O)O. The summed E-state index contributed by atoms with van der Waals surface area (Å²) < 4.78 is 1.84. The van der Waals surface area contributed by atoms with Crippen molar-refractivity contribution in [2.24, 2.45) is 11.1 Å². The Morgan fingerprint density at radius 1 is 1.09 bits per heavy atom. The topological polar surface area (TPSA) is 167 Å². The lowest BCUT2D eigenvalue weighted by molar-refractivity contribution is -0.612. The van der Waals surface area contributed by atoms with E-state index in [1.165, 1.54) is 6.20 Å². The van der Waals surface area contributed by atoms with Crippen molar-refractivity contribution in [2.45, 2.75) is 71.4 Å². The molecule has 0 aliphatic carbocycles. The highest BCUT2D eigenvalue weighted by molar-refractivity contribution is 9.10. The van der Waals surface area contributed by atoms with Gasteiger partial charge in [-0.15, -0.1) is 0 Å². The van der Waals surface area contributed by atoms with E-state index in [1.54, 1.807) is 13.0 Å². The van der Waals surface area contributed by atoms with E-state index in [0.29, 0.717) is 36.9 Å². The number of piperidine rings is 2. The summed E-state index contributed by atoms with van der Waals surface area (Å²) in [4.78, 5) is 42.7. The molecule has 1 unspecified atom stereocenters. The van der Waals surface area contributed by atoms with Gasteiger partial charge in [0.05, 0.1) is 12.1 Å². The third-order valence-corrected chi connectivity index (χ3v) is 9.15. The number of aryl methyl sites for hydroxylation is 1. The third kappa shape index (κ3) is 9.47. The minimum Gasteiger partial charge on any atom is -0.618 e. The predicted octanol–water partition coefficient (Wildman–Crippen LogP) is 3.75. The van der Waals surface area contributed by atoms with Crippen molar-refractivity contribution in [2.75, 3.05) is 32.8 Å². The fraction of sp³-hybridized carbons (Fsp3) is 0.531. The Balaban J connectivity index is 0.000000535. The van der Waals surface area contributed by atoms with Crippen LogP contribution < -0.4 is 4.73 Å². The maximum atomic E-state index is 13.3. The van der Waals surface area contributed by atoms with Crippen molar-refractivity contribution >= 4 is 39.5 Å². The molecule has 246 valence electrons. The van der Waals surface area contributed by atoms with Crippen molar-refractivity contribution in [3.63, 3.8) is 0 Å². The normalized spacial score (nSPS) is 18.0.